The second kappa shape index (κ2) is 17.8. The first kappa shape index (κ1) is 40.2. The fourth-order valence-corrected chi connectivity index (χ4v) is 8.54. The highest BCUT2D eigenvalue weighted by Gasteiger charge is 2.18. The average Bonchev–Trinajstić information content (AvgIpc) is 4.13. The van der Waals surface area contributed by atoms with Crippen molar-refractivity contribution in [2.24, 2.45) is 0 Å². The molecule has 10 aromatic rings. The van der Waals surface area contributed by atoms with E-state index < -0.39 is 0 Å². The number of hydrogen-bond acceptors (Lipinski definition) is 4. The van der Waals surface area contributed by atoms with Crippen molar-refractivity contribution in [3.8, 4) is 95.1 Å². The third kappa shape index (κ3) is 8.16. The molecule has 0 amide bonds. The van der Waals surface area contributed by atoms with E-state index in [1.54, 1.807) is 30.7 Å². The summed E-state index contributed by atoms with van der Waals surface area (Å²) in [5.41, 5.74) is 17.7. The molecule has 3 aromatic heterocycles. The van der Waals surface area contributed by atoms with Crippen molar-refractivity contribution in [3.63, 3.8) is 0 Å². The van der Waals surface area contributed by atoms with E-state index in [9.17, 15) is 5.11 Å². The van der Waals surface area contributed by atoms with E-state index in [2.05, 4.69) is 157 Å². The Bertz CT molecular complexity index is 3200. The van der Waals surface area contributed by atoms with Crippen molar-refractivity contribution in [2.45, 2.75) is 0 Å². The number of allylic oxidation sites excluding steroid dienone is 4. The molecule has 3 heterocycles. The number of aromatic hydroxyl groups is 1. The molecule has 0 aliphatic carbocycles. The minimum absolute atomic E-state index is 0.141. The maximum atomic E-state index is 11.8. The monoisotopic (exact) mass is 837 g/mol. The van der Waals surface area contributed by atoms with Crippen molar-refractivity contribution in [1.29, 1.82) is 0 Å². The van der Waals surface area contributed by atoms with Gasteiger partial charge in [-0.2, -0.15) is 10.2 Å². The van der Waals surface area contributed by atoms with Gasteiger partial charge in [-0.3, -0.25) is 4.98 Å². The van der Waals surface area contributed by atoms with Crippen molar-refractivity contribution in [3.05, 3.63) is 250 Å². The van der Waals surface area contributed by atoms with Crippen LogP contribution in [0.5, 0.6) is 5.75 Å². The molecule has 0 saturated heterocycles. The molecule has 65 heavy (non-hydrogen) atoms. The lowest BCUT2D eigenvalue weighted by atomic mass is 9.86. The second-order valence-electron chi connectivity index (χ2n) is 15.7. The molecule has 0 unspecified atom stereocenters. The van der Waals surface area contributed by atoms with Crippen LogP contribution in [0, 0.1) is 0 Å². The Hall–Kier alpha value is -8.87. The second-order valence-corrected chi connectivity index (χ2v) is 15.7. The van der Waals surface area contributed by atoms with E-state index in [4.69, 9.17) is 4.98 Å². The largest absolute Gasteiger partial charge is 0.507 e. The van der Waals surface area contributed by atoms with Crippen LogP contribution >= 0.6 is 0 Å². The maximum absolute atomic E-state index is 11.8. The summed E-state index contributed by atoms with van der Waals surface area (Å²) in [5.74, 6) is 0.141. The molecule has 6 heteroatoms. The highest BCUT2D eigenvalue weighted by atomic mass is 16.3. The summed E-state index contributed by atoms with van der Waals surface area (Å²) >= 11 is 0. The Morgan fingerprint density at radius 2 is 0.923 bits per heavy atom. The van der Waals surface area contributed by atoms with Crippen LogP contribution in [0.1, 0.15) is 5.56 Å². The predicted molar refractivity (Wildman–Crippen MR) is 267 cm³/mol. The van der Waals surface area contributed by atoms with Gasteiger partial charge >= 0.3 is 0 Å². The van der Waals surface area contributed by atoms with E-state index >= 15 is 0 Å². The number of benzene rings is 7. The molecule has 0 bridgehead atoms. The van der Waals surface area contributed by atoms with Crippen LogP contribution in [0.25, 0.3) is 95.0 Å². The standard InChI is InChI=1S/C59H43N5O/c1-3-14-41(4-2)44-15-11-16-45(35-44)58-39-59(65)57(40-60-58)56-22-10-9-21-55(56)48-37-46(53-19-7-5-17-51(53)42-23-27-49(28-24-42)63-33-12-31-61-63)36-47(38-48)54-20-8-6-18-52(54)43-25-29-50(30-26-43)64-34-13-32-62-64/h3-40H,1-2H2,(H,60,65)/b41-14+. The summed E-state index contributed by atoms with van der Waals surface area (Å²) in [7, 11) is 0. The summed E-state index contributed by atoms with van der Waals surface area (Å²) < 4.78 is 3.73. The Morgan fingerprint density at radius 1 is 0.446 bits per heavy atom. The first-order valence-electron chi connectivity index (χ1n) is 21.4. The maximum Gasteiger partial charge on any atom is 0.127 e. The molecule has 0 atom stereocenters. The van der Waals surface area contributed by atoms with Gasteiger partial charge in [-0.1, -0.05) is 147 Å². The Labute approximate surface area is 378 Å². The van der Waals surface area contributed by atoms with Crippen LogP contribution < -0.4 is 0 Å². The lowest BCUT2D eigenvalue weighted by Crippen LogP contribution is -1.95. The summed E-state index contributed by atoms with van der Waals surface area (Å²) in [4.78, 5) is 4.92. The van der Waals surface area contributed by atoms with Crippen molar-refractivity contribution < 1.29 is 5.11 Å². The average molecular weight is 838 g/mol. The fraction of sp³-hybridized carbons (Fsp3) is 0. The quantitative estimate of drug-likeness (QED) is 0.124. The molecule has 310 valence electrons. The van der Waals surface area contributed by atoms with Crippen LogP contribution in [0.4, 0.5) is 0 Å². The molecule has 6 nitrogen and oxygen atoms in total. The first-order valence-corrected chi connectivity index (χ1v) is 21.4. The molecule has 0 saturated carbocycles. The van der Waals surface area contributed by atoms with E-state index in [1.807, 2.05) is 76.4 Å². The van der Waals surface area contributed by atoms with Gasteiger partial charge < -0.3 is 5.11 Å². The third-order valence-electron chi connectivity index (χ3n) is 11.7. The zero-order valence-corrected chi connectivity index (χ0v) is 35.5. The number of nitrogens with zero attached hydrogens (tertiary/aromatic N) is 5. The lowest BCUT2D eigenvalue weighted by molar-refractivity contribution is 0.477. The molecular formula is C59H43N5O. The van der Waals surface area contributed by atoms with Crippen molar-refractivity contribution in [2.75, 3.05) is 0 Å². The number of rotatable bonds is 12. The number of aromatic nitrogens is 5. The van der Waals surface area contributed by atoms with Crippen molar-refractivity contribution in [1.82, 2.24) is 24.5 Å². The molecule has 1 N–H and O–H groups in total. The highest BCUT2D eigenvalue weighted by molar-refractivity contribution is 5.95. The Balaban J connectivity index is 1.11. The molecule has 0 fully saturated rings. The first-order chi connectivity index (χ1) is 32.0. The van der Waals surface area contributed by atoms with E-state index in [0.29, 0.717) is 11.3 Å². The van der Waals surface area contributed by atoms with Gasteiger partial charge in [-0.05, 0) is 133 Å². The fourth-order valence-electron chi connectivity index (χ4n) is 8.54. The van der Waals surface area contributed by atoms with Crippen LogP contribution in [0.3, 0.4) is 0 Å². The molecule has 0 aliphatic heterocycles. The normalized spacial score (nSPS) is 11.4. The van der Waals surface area contributed by atoms with Gasteiger partial charge in [0.2, 0.25) is 0 Å². The van der Waals surface area contributed by atoms with Gasteiger partial charge in [0.15, 0.2) is 0 Å². The Morgan fingerprint density at radius 3 is 1.37 bits per heavy atom. The van der Waals surface area contributed by atoms with E-state index in [-0.39, 0.29) is 5.75 Å². The lowest BCUT2D eigenvalue weighted by Gasteiger charge is -2.18. The number of pyridine rings is 1. The summed E-state index contributed by atoms with van der Waals surface area (Å²) in [6.07, 6.45) is 14.7. The summed E-state index contributed by atoms with van der Waals surface area (Å²) in [5, 5.41) is 20.7. The molecule has 10 rings (SSSR count). The van der Waals surface area contributed by atoms with Gasteiger partial charge in [0.05, 0.1) is 17.1 Å². The molecule has 7 aromatic carbocycles. The number of hydrogen-bond donors (Lipinski definition) is 1. The molecule has 0 aliphatic rings. The van der Waals surface area contributed by atoms with Gasteiger partial charge in [0, 0.05) is 48.2 Å². The molecule has 0 spiro atoms. The van der Waals surface area contributed by atoms with E-state index in [0.717, 1.165) is 89.3 Å². The SMILES string of the molecule is C=C/C=C(\C=C)c1cccc(-c2cc(O)c(-c3ccccc3-c3cc(-c4ccccc4-c4ccc(-n5cccn5)cc4)cc(-c4ccccc4-c4ccc(-n5cccn5)cc4)c3)cn2)c1. The molecule has 0 radical (unpaired) electrons. The van der Waals surface area contributed by atoms with Gasteiger partial charge in [0.25, 0.3) is 0 Å². The third-order valence-corrected chi connectivity index (χ3v) is 11.7. The van der Waals surface area contributed by atoms with Gasteiger partial charge in [0.1, 0.15) is 5.75 Å². The minimum Gasteiger partial charge on any atom is -0.507 e. The molecular weight excluding hydrogens is 795 g/mol. The van der Waals surface area contributed by atoms with Crippen LogP contribution in [0.15, 0.2) is 244 Å². The van der Waals surface area contributed by atoms with Gasteiger partial charge in [-0.25, -0.2) is 9.36 Å². The van der Waals surface area contributed by atoms with Crippen LogP contribution in [-0.2, 0) is 0 Å². The zero-order chi connectivity index (χ0) is 44.1. The Kier molecular flexibility index (Phi) is 11.0. The topological polar surface area (TPSA) is 68.8 Å². The van der Waals surface area contributed by atoms with Crippen LogP contribution in [0.2, 0.25) is 0 Å². The van der Waals surface area contributed by atoms with Gasteiger partial charge in [-0.15, -0.1) is 0 Å². The minimum atomic E-state index is 0.141. The zero-order valence-electron chi connectivity index (χ0n) is 35.5. The summed E-state index contributed by atoms with van der Waals surface area (Å²) in [6, 6.07) is 62.9. The van der Waals surface area contributed by atoms with Crippen molar-refractivity contribution >= 4 is 5.57 Å². The highest BCUT2D eigenvalue weighted by Crippen LogP contribution is 2.44. The van der Waals surface area contributed by atoms with Crippen LogP contribution in [-0.4, -0.2) is 29.7 Å². The predicted octanol–water partition coefficient (Wildman–Crippen LogP) is 14.6. The van der Waals surface area contributed by atoms with E-state index in [1.165, 1.54) is 0 Å². The summed E-state index contributed by atoms with van der Waals surface area (Å²) in [6.45, 7) is 7.83. The smallest absolute Gasteiger partial charge is 0.127 e.